The predicted octanol–water partition coefficient (Wildman–Crippen LogP) is 3.67. The van der Waals surface area contributed by atoms with Gasteiger partial charge in [0.2, 0.25) is 0 Å². The van der Waals surface area contributed by atoms with Gasteiger partial charge < -0.3 is 5.32 Å². The summed E-state index contributed by atoms with van der Waals surface area (Å²) in [5.74, 6) is -0.0460. The smallest absolute Gasteiger partial charge is 0.251 e. The first kappa shape index (κ1) is 15.9. The van der Waals surface area contributed by atoms with Crippen LogP contribution in [0.5, 0.6) is 0 Å². The number of carbonyl (C=O) groups is 1. The molecule has 5 nitrogen and oxygen atoms in total. The monoisotopic (exact) mass is 320 g/mol. The molecule has 2 heterocycles. The number of aromatic nitrogens is 3. The molecule has 1 aromatic carbocycles. The molecular formula is C19H20N4O. The van der Waals surface area contributed by atoms with Gasteiger partial charge in [0.15, 0.2) is 0 Å². The molecule has 3 rings (SSSR count). The van der Waals surface area contributed by atoms with E-state index in [0.717, 1.165) is 35.2 Å². The lowest BCUT2D eigenvalue weighted by Crippen LogP contribution is -2.24. The molecule has 0 aliphatic carbocycles. The van der Waals surface area contributed by atoms with E-state index in [4.69, 9.17) is 0 Å². The first-order valence-corrected chi connectivity index (χ1v) is 8.12. The fourth-order valence-corrected chi connectivity index (χ4v) is 2.55. The number of benzene rings is 1. The number of carbonyl (C=O) groups excluding carboxylic acids is 1. The highest BCUT2D eigenvalue weighted by Gasteiger charge is 2.12. The van der Waals surface area contributed by atoms with Gasteiger partial charge in [-0.3, -0.25) is 14.9 Å². The van der Waals surface area contributed by atoms with Crippen molar-refractivity contribution in [1.82, 2.24) is 20.5 Å². The summed E-state index contributed by atoms with van der Waals surface area (Å²) < 4.78 is 0. The number of hydrogen-bond donors (Lipinski definition) is 2. The summed E-state index contributed by atoms with van der Waals surface area (Å²) in [5, 5.41) is 10.1. The zero-order valence-electron chi connectivity index (χ0n) is 13.6. The first-order chi connectivity index (χ1) is 11.8. The second-order valence-electron chi connectivity index (χ2n) is 5.58. The minimum atomic E-state index is -0.0460. The molecule has 0 saturated carbocycles. The van der Waals surface area contributed by atoms with Gasteiger partial charge in [-0.05, 0) is 36.2 Å². The maximum absolute atomic E-state index is 12.3. The maximum atomic E-state index is 12.3. The van der Waals surface area contributed by atoms with Crippen LogP contribution in [0.25, 0.3) is 22.4 Å². The third-order valence-electron chi connectivity index (χ3n) is 3.86. The second kappa shape index (κ2) is 7.55. The molecule has 0 unspecified atom stereocenters. The zero-order valence-corrected chi connectivity index (χ0v) is 13.6. The van der Waals surface area contributed by atoms with Gasteiger partial charge in [0.25, 0.3) is 5.91 Å². The van der Waals surface area contributed by atoms with Crippen molar-refractivity contribution in [2.75, 3.05) is 6.54 Å². The SMILES string of the molecule is CCCCNC(=O)c1cccc(-c2[nH]ncc2-c2ccncc2)c1. The molecule has 0 spiro atoms. The Labute approximate surface area is 141 Å². The van der Waals surface area contributed by atoms with Crippen molar-refractivity contribution in [2.24, 2.45) is 0 Å². The molecular weight excluding hydrogens is 300 g/mol. The molecule has 0 aliphatic rings. The van der Waals surface area contributed by atoms with Gasteiger partial charge >= 0.3 is 0 Å². The van der Waals surface area contributed by atoms with E-state index in [0.29, 0.717) is 12.1 Å². The van der Waals surface area contributed by atoms with Crippen molar-refractivity contribution in [3.8, 4) is 22.4 Å². The lowest BCUT2D eigenvalue weighted by Gasteiger charge is -2.07. The second-order valence-corrected chi connectivity index (χ2v) is 5.58. The average molecular weight is 320 g/mol. The standard InChI is InChI=1S/C19H20N4O/c1-2-3-9-21-19(24)16-6-4-5-15(12-16)18-17(13-22-23-18)14-7-10-20-11-8-14/h4-8,10-13H,2-3,9H2,1H3,(H,21,24)(H,22,23). The van der Waals surface area contributed by atoms with Crippen molar-refractivity contribution in [3.05, 3.63) is 60.6 Å². The van der Waals surface area contributed by atoms with Crippen LogP contribution in [-0.2, 0) is 0 Å². The van der Waals surface area contributed by atoms with Crippen LogP contribution in [0, 0.1) is 0 Å². The van der Waals surface area contributed by atoms with Crippen LogP contribution >= 0.6 is 0 Å². The Balaban J connectivity index is 1.88. The summed E-state index contributed by atoms with van der Waals surface area (Å²) in [6.45, 7) is 2.80. The summed E-state index contributed by atoms with van der Waals surface area (Å²) in [5.41, 5.74) is 4.50. The minimum absolute atomic E-state index is 0.0460. The number of pyridine rings is 1. The van der Waals surface area contributed by atoms with Crippen LogP contribution < -0.4 is 5.32 Å². The van der Waals surface area contributed by atoms with Crippen molar-refractivity contribution in [2.45, 2.75) is 19.8 Å². The van der Waals surface area contributed by atoms with E-state index in [2.05, 4.69) is 27.4 Å². The van der Waals surface area contributed by atoms with E-state index in [9.17, 15) is 4.79 Å². The van der Waals surface area contributed by atoms with Crippen LogP contribution in [0.1, 0.15) is 30.1 Å². The zero-order chi connectivity index (χ0) is 16.8. The highest BCUT2D eigenvalue weighted by Crippen LogP contribution is 2.30. The Hall–Kier alpha value is -2.95. The molecule has 2 N–H and O–H groups in total. The Kier molecular flexibility index (Phi) is 5.01. The van der Waals surface area contributed by atoms with Gasteiger partial charge in [-0.15, -0.1) is 0 Å². The molecule has 122 valence electrons. The number of H-pyrrole nitrogens is 1. The predicted molar refractivity (Wildman–Crippen MR) is 94.5 cm³/mol. The third-order valence-corrected chi connectivity index (χ3v) is 3.86. The largest absolute Gasteiger partial charge is 0.352 e. The molecule has 0 aliphatic heterocycles. The van der Waals surface area contributed by atoms with Crippen molar-refractivity contribution in [1.29, 1.82) is 0 Å². The topological polar surface area (TPSA) is 70.7 Å². The molecule has 0 radical (unpaired) electrons. The number of nitrogens with zero attached hydrogens (tertiary/aromatic N) is 2. The lowest BCUT2D eigenvalue weighted by atomic mass is 10.0. The van der Waals surface area contributed by atoms with E-state index >= 15 is 0 Å². The van der Waals surface area contributed by atoms with Crippen molar-refractivity contribution < 1.29 is 4.79 Å². The molecule has 1 amide bonds. The summed E-state index contributed by atoms with van der Waals surface area (Å²) in [7, 11) is 0. The van der Waals surface area contributed by atoms with Gasteiger partial charge in [-0.25, -0.2) is 0 Å². The van der Waals surface area contributed by atoms with E-state index in [1.807, 2.05) is 36.4 Å². The van der Waals surface area contributed by atoms with Gasteiger partial charge in [0, 0.05) is 35.6 Å². The van der Waals surface area contributed by atoms with E-state index in [1.54, 1.807) is 18.6 Å². The van der Waals surface area contributed by atoms with Crippen LogP contribution in [0.3, 0.4) is 0 Å². The van der Waals surface area contributed by atoms with Crippen molar-refractivity contribution in [3.63, 3.8) is 0 Å². The third kappa shape index (κ3) is 3.51. The number of unbranched alkanes of at least 4 members (excludes halogenated alkanes) is 1. The van der Waals surface area contributed by atoms with E-state index < -0.39 is 0 Å². The van der Waals surface area contributed by atoms with Crippen LogP contribution in [0.4, 0.5) is 0 Å². The molecule has 0 atom stereocenters. The molecule has 0 fully saturated rings. The summed E-state index contributed by atoms with van der Waals surface area (Å²) in [4.78, 5) is 16.3. The van der Waals surface area contributed by atoms with Crippen LogP contribution in [0.15, 0.2) is 55.0 Å². The molecule has 2 aromatic heterocycles. The van der Waals surface area contributed by atoms with E-state index in [-0.39, 0.29) is 5.91 Å². The van der Waals surface area contributed by atoms with Crippen LogP contribution in [0.2, 0.25) is 0 Å². The minimum Gasteiger partial charge on any atom is -0.352 e. The summed E-state index contributed by atoms with van der Waals surface area (Å²) in [6, 6.07) is 11.5. The fourth-order valence-electron chi connectivity index (χ4n) is 2.55. The molecule has 24 heavy (non-hydrogen) atoms. The highest BCUT2D eigenvalue weighted by atomic mass is 16.1. The summed E-state index contributed by atoms with van der Waals surface area (Å²) >= 11 is 0. The highest BCUT2D eigenvalue weighted by molar-refractivity contribution is 5.95. The van der Waals surface area contributed by atoms with Gasteiger partial charge in [-0.1, -0.05) is 25.5 Å². The Morgan fingerprint density at radius 2 is 2.00 bits per heavy atom. The average Bonchev–Trinajstić information content (AvgIpc) is 3.12. The number of hydrogen-bond acceptors (Lipinski definition) is 3. The Morgan fingerprint density at radius 1 is 1.17 bits per heavy atom. The van der Waals surface area contributed by atoms with Crippen molar-refractivity contribution >= 4 is 5.91 Å². The first-order valence-electron chi connectivity index (χ1n) is 8.12. The number of amides is 1. The number of rotatable bonds is 6. The normalized spacial score (nSPS) is 10.5. The molecule has 5 heteroatoms. The Morgan fingerprint density at radius 3 is 2.79 bits per heavy atom. The Bertz CT molecular complexity index is 811. The van der Waals surface area contributed by atoms with Gasteiger partial charge in [-0.2, -0.15) is 5.10 Å². The molecule has 0 saturated heterocycles. The lowest BCUT2D eigenvalue weighted by molar-refractivity contribution is 0.0953. The van der Waals surface area contributed by atoms with Gasteiger partial charge in [0.05, 0.1) is 11.9 Å². The van der Waals surface area contributed by atoms with Gasteiger partial charge in [0.1, 0.15) is 0 Å². The maximum Gasteiger partial charge on any atom is 0.251 e. The fraction of sp³-hybridized carbons (Fsp3) is 0.211. The molecule has 3 aromatic rings. The summed E-state index contributed by atoms with van der Waals surface area (Å²) in [6.07, 6.45) is 7.34. The van der Waals surface area contributed by atoms with E-state index in [1.165, 1.54) is 0 Å². The quantitative estimate of drug-likeness (QED) is 0.681. The van der Waals surface area contributed by atoms with Crippen LogP contribution in [-0.4, -0.2) is 27.6 Å². The number of nitrogens with one attached hydrogen (secondary N) is 2. The number of aromatic amines is 1. The molecule has 0 bridgehead atoms.